The van der Waals surface area contributed by atoms with Crippen LogP contribution >= 0.6 is 0 Å². The fourth-order valence-electron chi connectivity index (χ4n) is 2.99. The number of hydrogen-bond acceptors (Lipinski definition) is 3. The molecule has 3 nitrogen and oxygen atoms in total. The van der Waals surface area contributed by atoms with Crippen molar-refractivity contribution in [2.75, 3.05) is 19.6 Å². The monoisotopic (exact) mass is 192 g/mol. The van der Waals surface area contributed by atoms with Gasteiger partial charge >= 0.3 is 0 Å². The molecule has 0 aromatic heterocycles. The Hall–Kier alpha value is -0.830. The Bertz CT molecular complexity index is 308. The van der Waals surface area contributed by atoms with E-state index in [4.69, 9.17) is 0 Å². The maximum absolute atomic E-state index is 11.8. The number of ketones is 1. The van der Waals surface area contributed by atoms with E-state index in [1.807, 2.05) is 0 Å². The quantitative estimate of drug-likeness (QED) is 0.612. The minimum atomic E-state index is 0.398. The van der Waals surface area contributed by atoms with E-state index in [0.717, 1.165) is 31.5 Å². The highest BCUT2D eigenvalue weighted by molar-refractivity contribution is 5.98. The summed E-state index contributed by atoms with van der Waals surface area (Å²) in [5, 5.41) is 3.29. The van der Waals surface area contributed by atoms with Crippen LogP contribution in [0.15, 0.2) is 11.3 Å². The Labute approximate surface area is 84.2 Å². The lowest BCUT2D eigenvalue weighted by Crippen LogP contribution is -2.43. The highest BCUT2D eigenvalue weighted by atomic mass is 16.1. The SMILES string of the molecule is O=C1CC2CCCN2C2=C1CNCC2. The minimum absolute atomic E-state index is 0.398. The maximum atomic E-state index is 11.8. The molecule has 1 fully saturated rings. The van der Waals surface area contributed by atoms with Crippen molar-refractivity contribution >= 4 is 5.78 Å². The lowest BCUT2D eigenvalue weighted by molar-refractivity contribution is -0.117. The van der Waals surface area contributed by atoms with Crippen LogP contribution in [0, 0.1) is 0 Å². The summed E-state index contributed by atoms with van der Waals surface area (Å²) >= 11 is 0. The highest BCUT2D eigenvalue weighted by Gasteiger charge is 2.36. The molecule has 1 unspecified atom stereocenters. The molecule has 0 spiro atoms. The molecule has 3 rings (SSSR count). The van der Waals surface area contributed by atoms with Gasteiger partial charge in [-0.2, -0.15) is 0 Å². The van der Waals surface area contributed by atoms with Gasteiger partial charge in [0.2, 0.25) is 0 Å². The van der Waals surface area contributed by atoms with Crippen molar-refractivity contribution in [3.05, 3.63) is 11.3 Å². The van der Waals surface area contributed by atoms with Crippen LogP contribution in [0.1, 0.15) is 25.7 Å². The van der Waals surface area contributed by atoms with E-state index in [9.17, 15) is 4.79 Å². The Kier molecular flexibility index (Phi) is 1.87. The van der Waals surface area contributed by atoms with Gasteiger partial charge in [-0.15, -0.1) is 0 Å². The first-order chi connectivity index (χ1) is 6.86. The van der Waals surface area contributed by atoms with Crippen molar-refractivity contribution < 1.29 is 4.79 Å². The van der Waals surface area contributed by atoms with Crippen molar-refractivity contribution in [1.82, 2.24) is 10.2 Å². The summed E-state index contributed by atoms with van der Waals surface area (Å²) in [7, 11) is 0. The predicted octanol–water partition coefficient (Wildman–Crippen LogP) is 0.671. The molecule has 1 atom stereocenters. The van der Waals surface area contributed by atoms with Crippen LogP contribution in [0.5, 0.6) is 0 Å². The lowest BCUT2D eigenvalue weighted by Gasteiger charge is -2.37. The van der Waals surface area contributed by atoms with Crippen LogP contribution in [0.2, 0.25) is 0 Å². The lowest BCUT2D eigenvalue weighted by atomic mass is 9.92. The number of carbonyl (C=O) groups is 1. The third kappa shape index (κ3) is 1.12. The van der Waals surface area contributed by atoms with Crippen molar-refractivity contribution in [2.45, 2.75) is 31.7 Å². The van der Waals surface area contributed by atoms with Gasteiger partial charge in [-0.3, -0.25) is 4.79 Å². The number of rotatable bonds is 0. The standard InChI is InChI=1S/C11H16N2O/c14-11-6-8-2-1-5-13(8)10-3-4-12-7-9(10)11/h8,12H,1-7H2. The molecule has 3 heterocycles. The Balaban J connectivity index is 2.00. The van der Waals surface area contributed by atoms with Crippen LogP contribution in [-0.2, 0) is 4.79 Å². The van der Waals surface area contributed by atoms with E-state index in [1.54, 1.807) is 0 Å². The average molecular weight is 192 g/mol. The molecule has 3 aliphatic heterocycles. The van der Waals surface area contributed by atoms with E-state index in [1.165, 1.54) is 25.1 Å². The number of nitrogens with zero attached hydrogens (tertiary/aromatic N) is 1. The van der Waals surface area contributed by atoms with Gasteiger partial charge in [-0.25, -0.2) is 0 Å². The molecule has 1 saturated heterocycles. The normalized spacial score (nSPS) is 31.9. The zero-order chi connectivity index (χ0) is 9.54. The number of nitrogens with one attached hydrogen (secondary N) is 1. The second-order valence-corrected chi connectivity index (χ2v) is 4.47. The fraction of sp³-hybridized carbons (Fsp3) is 0.727. The number of Topliss-reactive ketones (excluding diaryl/α,β-unsaturated/α-hetero) is 1. The van der Waals surface area contributed by atoms with Gasteiger partial charge < -0.3 is 10.2 Å². The van der Waals surface area contributed by atoms with Crippen molar-refractivity contribution in [2.24, 2.45) is 0 Å². The molecule has 0 saturated carbocycles. The predicted molar refractivity (Wildman–Crippen MR) is 53.9 cm³/mol. The average Bonchev–Trinajstić information content (AvgIpc) is 2.66. The summed E-state index contributed by atoms with van der Waals surface area (Å²) in [6.07, 6.45) is 4.30. The first-order valence-corrected chi connectivity index (χ1v) is 5.59. The van der Waals surface area contributed by atoms with Crippen LogP contribution in [-0.4, -0.2) is 36.4 Å². The minimum Gasteiger partial charge on any atom is -0.371 e. The molecule has 0 aliphatic carbocycles. The topological polar surface area (TPSA) is 32.3 Å². The first-order valence-electron chi connectivity index (χ1n) is 5.59. The number of hydrogen-bond donors (Lipinski definition) is 1. The van der Waals surface area contributed by atoms with Crippen molar-refractivity contribution in [3.63, 3.8) is 0 Å². The van der Waals surface area contributed by atoms with Gasteiger partial charge in [-0.1, -0.05) is 0 Å². The van der Waals surface area contributed by atoms with Crippen molar-refractivity contribution in [3.8, 4) is 0 Å². The molecular formula is C11H16N2O. The molecule has 3 heteroatoms. The van der Waals surface area contributed by atoms with E-state index in [0.29, 0.717) is 11.8 Å². The smallest absolute Gasteiger partial charge is 0.163 e. The summed E-state index contributed by atoms with van der Waals surface area (Å²) in [6, 6.07) is 0.541. The molecule has 0 aromatic carbocycles. The molecule has 14 heavy (non-hydrogen) atoms. The second kappa shape index (κ2) is 3.09. The summed E-state index contributed by atoms with van der Waals surface area (Å²) in [4.78, 5) is 14.3. The summed E-state index contributed by atoms with van der Waals surface area (Å²) in [6.45, 7) is 3.02. The zero-order valence-electron chi connectivity index (χ0n) is 8.38. The fourth-order valence-corrected chi connectivity index (χ4v) is 2.99. The van der Waals surface area contributed by atoms with Gasteiger partial charge in [0.15, 0.2) is 5.78 Å². The third-order valence-electron chi connectivity index (χ3n) is 3.67. The van der Waals surface area contributed by atoms with Crippen LogP contribution in [0.3, 0.4) is 0 Å². The molecule has 0 radical (unpaired) electrons. The van der Waals surface area contributed by atoms with E-state index < -0.39 is 0 Å². The van der Waals surface area contributed by atoms with Gasteiger partial charge in [-0.05, 0) is 12.8 Å². The molecule has 0 amide bonds. The molecule has 76 valence electrons. The summed E-state index contributed by atoms with van der Waals surface area (Å²) < 4.78 is 0. The summed E-state index contributed by atoms with van der Waals surface area (Å²) in [5.41, 5.74) is 2.44. The van der Waals surface area contributed by atoms with E-state index in [-0.39, 0.29) is 0 Å². The molecule has 0 bridgehead atoms. The van der Waals surface area contributed by atoms with Gasteiger partial charge in [0.1, 0.15) is 0 Å². The zero-order valence-corrected chi connectivity index (χ0v) is 8.38. The van der Waals surface area contributed by atoms with Crippen LogP contribution < -0.4 is 5.32 Å². The molecule has 0 aromatic rings. The van der Waals surface area contributed by atoms with Crippen LogP contribution in [0.4, 0.5) is 0 Å². The van der Waals surface area contributed by atoms with Crippen molar-refractivity contribution in [1.29, 1.82) is 0 Å². The van der Waals surface area contributed by atoms with Gasteiger partial charge in [0.25, 0.3) is 0 Å². The van der Waals surface area contributed by atoms with E-state index >= 15 is 0 Å². The number of fused-ring (bicyclic) bond motifs is 2. The van der Waals surface area contributed by atoms with Gasteiger partial charge in [0, 0.05) is 49.8 Å². The number of carbonyl (C=O) groups excluding carboxylic acids is 1. The third-order valence-corrected chi connectivity index (χ3v) is 3.67. The Morgan fingerprint density at radius 3 is 3.29 bits per heavy atom. The molecule has 1 N–H and O–H groups in total. The largest absolute Gasteiger partial charge is 0.371 e. The Morgan fingerprint density at radius 1 is 1.43 bits per heavy atom. The summed E-state index contributed by atoms with van der Waals surface area (Å²) in [5.74, 6) is 0.398. The van der Waals surface area contributed by atoms with Gasteiger partial charge in [0.05, 0.1) is 0 Å². The first kappa shape index (κ1) is 8.48. The second-order valence-electron chi connectivity index (χ2n) is 4.47. The highest BCUT2D eigenvalue weighted by Crippen LogP contribution is 2.34. The maximum Gasteiger partial charge on any atom is 0.163 e. The Morgan fingerprint density at radius 2 is 2.36 bits per heavy atom. The van der Waals surface area contributed by atoms with E-state index in [2.05, 4.69) is 10.2 Å². The van der Waals surface area contributed by atoms with Crippen LogP contribution in [0.25, 0.3) is 0 Å². The molecular weight excluding hydrogens is 176 g/mol. The molecule has 3 aliphatic rings.